The van der Waals surface area contributed by atoms with Crippen molar-refractivity contribution in [3.63, 3.8) is 0 Å². The molecule has 1 saturated heterocycles. The quantitative estimate of drug-likeness (QED) is 0.913. The Kier molecular flexibility index (Phi) is 4.22. The van der Waals surface area contributed by atoms with Gasteiger partial charge in [-0.05, 0) is 42.0 Å². The summed E-state index contributed by atoms with van der Waals surface area (Å²) in [5.74, 6) is 0. The average Bonchev–Trinajstić information content (AvgIpc) is 3.18. The molecule has 5 heteroatoms. The zero-order valence-corrected chi connectivity index (χ0v) is 12.5. The first-order valence-electron chi connectivity index (χ1n) is 7.10. The minimum absolute atomic E-state index is 0.0304. The fourth-order valence-electron chi connectivity index (χ4n) is 2.68. The highest BCUT2D eigenvalue weighted by molar-refractivity contribution is 7.13. The third kappa shape index (κ3) is 3.09. The molecule has 1 fully saturated rings. The number of aliphatic hydroxyl groups is 1. The predicted molar refractivity (Wildman–Crippen MR) is 85.6 cm³/mol. The molecule has 2 heterocycles. The van der Waals surface area contributed by atoms with Gasteiger partial charge in [-0.15, -0.1) is 11.3 Å². The van der Waals surface area contributed by atoms with E-state index in [9.17, 15) is 9.90 Å². The van der Waals surface area contributed by atoms with Crippen LogP contribution in [-0.4, -0.2) is 35.2 Å². The lowest BCUT2D eigenvalue weighted by atomic mass is 10.1. The molecule has 2 amide bonds. The van der Waals surface area contributed by atoms with Gasteiger partial charge >= 0.3 is 6.03 Å². The Morgan fingerprint density at radius 3 is 3.05 bits per heavy atom. The second-order valence-corrected chi connectivity index (χ2v) is 6.11. The summed E-state index contributed by atoms with van der Waals surface area (Å²) in [5, 5.41) is 14.3. The highest BCUT2D eigenvalue weighted by atomic mass is 32.1. The Hall–Kier alpha value is -1.85. The van der Waals surface area contributed by atoms with Crippen LogP contribution in [0, 0.1) is 0 Å². The summed E-state index contributed by atoms with van der Waals surface area (Å²) in [6, 6.07) is 11.7. The lowest BCUT2D eigenvalue weighted by molar-refractivity contribution is 0.166. The number of nitrogens with one attached hydrogen (secondary N) is 1. The van der Waals surface area contributed by atoms with E-state index in [1.807, 2.05) is 35.7 Å². The van der Waals surface area contributed by atoms with Crippen LogP contribution < -0.4 is 5.32 Å². The van der Waals surface area contributed by atoms with Gasteiger partial charge in [0.15, 0.2) is 0 Å². The van der Waals surface area contributed by atoms with Gasteiger partial charge in [-0.25, -0.2) is 4.79 Å². The number of likely N-dealkylation sites (tertiary alicyclic amines) is 1. The van der Waals surface area contributed by atoms with Gasteiger partial charge in [0.2, 0.25) is 0 Å². The number of hydrogen-bond acceptors (Lipinski definition) is 3. The predicted octanol–water partition coefficient (Wildman–Crippen LogP) is 3.40. The number of carbonyl (C=O) groups excluding carboxylic acids is 1. The van der Waals surface area contributed by atoms with Crippen LogP contribution >= 0.6 is 11.3 Å². The van der Waals surface area contributed by atoms with E-state index in [2.05, 4.69) is 11.4 Å². The van der Waals surface area contributed by atoms with E-state index >= 15 is 0 Å². The molecule has 0 spiro atoms. The summed E-state index contributed by atoms with van der Waals surface area (Å²) in [7, 11) is 0. The number of hydrogen-bond donors (Lipinski definition) is 2. The number of thiophene rings is 1. The number of carbonyl (C=O) groups is 1. The van der Waals surface area contributed by atoms with Crippen LogP contribution in [0.2, 0.25) is 0 Å². The number of rotatable bonds is 3. The molecule has 0 bridgehead atoms. The van der Waals surface area contributed by atoms with E-state index in [-0.39, 0.29) is 18.7 Å². The average molecular weight is 302 g/mol. The van der Waals surface area contributed by atoms with Crippen LogP contribution in [0.1, 0.15) is 12.8 Å². The maximum absolute atomic E-state index is 12.3. The normalized spacial score (nSPS) is 18.0. The molecular formula is C16H18N2O2S. The highest BCUT2D eigenvalue weighted by Crippen LogP contribution is 2.27. The Bertz CT molecular complexity index is 612. The van der Waals surface area contributed by atoms with Gasteiger partial charge in [0.25, 0.3) is 0 Å². The zero-order valence-electron chi connectivity index (χ0n) is 11.7. The summed E-state index contributed by atoms with van der Waals surface area (Å²) < 4.78 is 0. The molecule has 1 atom stereocenters. The number of amides is 2. The van der Waals surface area contributed by atoms with Crippen molar-refractivity contribution >= 4 is 23.1 Å². The van der Waals surface area contributed by atoms with Crippen LogP contribution in [0.3, 0.4) is 0 Å². The number of anilines is 1. The fourth-order valence-corrected chi connectivity index (χ4v) is 3.41. The zero-order chi connectivity index (χ0) is 14.7. The van der Waals surface area contributed by atoms with Crippen molar-refractivity contribution in [1.29, 1.82) is 0 Å². The maximum Gasteiger partial charge on any atom is 0.322 e. The van der Waals surface area contributed by atoms with Crippen LogP contribution in [0.4, 0.5) is 10.5 Å². The van der Waals surface area contributed by atoms with E-state index < -0.39 is 0 Å². The van der Waals surface area contributed by atoms with Crippen LogP contribution in [0.25, 0.3) is 10.4 Å². The lowest BCUT2D eigenvalue weighted by Gasteiger charge is -2.23. The van der Waals surface area contributed by atoms with Gasteiger partial charge in [-0.3, -0.25) is 0 Å². The standard InChI is InChI=1S/C16H18N2O2S/c19-11-14-6-2-8-18(14)16(20)17-13-5-1-4-12(10-13)15-7-3-9-21-15/h1,3-5,7,9-10,14,19H,2,6,8,11H2,(H,17,20)/t14-/m0/s1. The molecule has 1 aliphatic rings. The van der Waals surface area contributed by atoms with Gasteiger partial charge in [0.05, 0.1) is 12.6 Å². The molecule has 4 nitrogen and oxygen atoms in total. The molecule has 0 saturated carbocycles. The number of aliphatic hydroxyl groups excluding tert-OH is 1. The molecule has 21 heavy (non-hydrogen) atoms. The fraction of sp³-hybridized carbons (Fsp3) is 0.312. The molecule has 0 radical (unpaired) electrons. The Balaban J connectivity index is 1.73. The smallest absolute Gasteiger partial charge is 0.322 e. The topological polar surface area (TPSA) is 52.6 Å². The molecule has 2 N–H and O–H groups in total. The molecule has 110 valence electrons. The second kappa shape index (κ2) is 6.28. The molecule has 1 aliphatic heterocycles. The molecule has 0 aliphatic carbocycles. The van der Waals surface area contributed by atoms with Gasteiger partial charge < -0.3 is 15.3 Å². The monoisotopic (exact) mass is 302 g/mol. The van der Waals surface area contributed by atoms with Gasteiger partial charge in [0.1, 0.15) is 0 Å². The summed E-state index contributed by atoms with van der Waals surface area (Å²) in [6.45, 7) is 0.740. The van der Waals surface area contributed by atoms with Crippen molar-refractivity contribution in [2.24, 2.45) is 0 Å². The van der Waals surface area contributed by atoms with Gasteiger partial charge in [-0.2, -0.15) is 0 Å². The molecule has 1 aromatic heterocycles. The van der Waals surface area contributed by atoms with Crippen LogP contribution in [0.5, 0.6) is 0 Å². The van der Waals surface area contributed by atoms with E-state index in [4.69, 9.17) is 0 Å². The van der Waals surface area contributed by atoms with E-state index in [1.54, 1.807) is 16.2 Å². The summed E-state index contributed by atoms with van der Waals surface area (Å²) >= 11 is 1.68. The van der Waals surface area contributed by atoms with Crippen molar-refractivity contribution in [3.05, 3.63) is 41.8 Å². The molecule has 3 rings (SSSR count). The first kappa shape index (κ1) is 14.1. The molecule has 0 unspecified atom stereocenters. The van der Waals surface area contributed by atoms with Gasteiger partial charge in [-0.1, -0.05) is 18.2 Å². The summed E-state index contributed by atoms with van der Waals surface area (Å²) in [4.78, 5) is 15.2. The molecular weight excluding hydrogens is 284 g/mol. The van der Waals surface area contributed by atoms with E-state index in [1.165, 1.54) is 4.88 Å². The van der Waals surface area contributed by atoms with Crippen molar-refractivity contribution in [1.82, 2.24) is 4.90 Å². The molecule has 1 aromatic carbocycles. The minimum Gasteiger partial charge on any atom is -0.394 e. The van der Waals surface area contributed by atoms with Crippen LogP contribution in [0.15, 0.2) is 41.8 Å². The minimum atomic E-state index is -0.130. The third-order valence-electron chi connectivity index (χ3n) is 3.77. The van der Waals surface area contributed by atoms with Gasteiger partial charge in [0, 0.05) is 17.1 Å². The first-order valence-corrected chi connectivity index (χ1v) is 7.98. The SMILES string of the molecule is O=C(Nc1cccc(-c2cccs2)c1)N1CCC[C@H]1CO. The van der Waals surface area contributed by atoms with E-state index in [0.717, 1.165) is 24.1 Å². The number of urea groups is 1. The first-order chi connectivity index (χ1) is 10.3. The summed E-state index contributed by atoms with van der Waals surface area (Å²) in [6.07, 6.45) is 1.83. The van der Waals surface area contributed by atoms with Crippen molar-refractivity contribution in [3.8, 4) is 10.4 Å². The van der Waals surface area contributed by atoms with Crippen molar-refractivity contribution < 1.29 is 9.90 Å². The molecule has 2 aromatic rings. The Morgan fingerprint density at radius 2 is 2.29 bits per heavy atom. The maximum atomic E-state index is 12.3. The Morgan fingerprint density at radius 1 is 1.38 bits per heavy atom. The number of benzene rings is 1. The highest BCUT2D eigenvalue weighted by Gasteiger charge is 2.27. The lowest BCUT2D eigenvalue weighted by Crippen LogP contribution is -2.40. The van der Waals surface area contributed by atoms with E-state index in [0.29, 0.717) is 6.54 Å². The Labute approximate surface area is 128 Å². The number of nitrogens with zero attached hydrogens (tertiary/aromatic N) is 1. The summed E-state index contributed by atoms with van der Waals surface area (Å²) in [5.41, 5.74) is 1.89. The second-order valence-electron chi connectivity index (χ2n) is 5.16. The van der Waals surface area contributed by atoms with Crippen molar-refractivity contribution in [2.75, 3.05) is 18.5 Å². The van der Waals surface area contributed by atoms with Crippen LogP contribution in [-0.2, 0) is 0 Å². The largest absolute Gasteiger partial charge is 0.394 e. The van der Waals surface area contributed by atoms with Crippen molar-refractivity contribution in [2.45, 2.75) is 18.9 Å². The third-order valence-corrected chi connectivity index (χ3v) is 4.69.